The van der Waals surface area contributed by atoms with Gasteiger partial charge in [-0.05, 0) is 56.8 Å². The monoisotopic (exact) mass is 444 g/mol. The minimum atomic E-state index is -3.55. The summed E-state index contributed by atoms with van der Waals surface area (Å²) >= 11 is 0. The molecule has 0 radical (unpaired) electrons. The predicted molar refractivity (Wildman–Crippen MR) is 120 cm³/mol. The Morgan fingerprint density at radius 1 is 1.10 bits per heavy atom. The second-order valence-electron chi connectivity index (χ2n) is 7.07. The Balaban J connectivity index is 1.70. The van der Waals surface area contributed by atoms with Gasteiger partial charge in [-0.25, -0.2) is 18.4 Å². The summed E-state index contributed by atoms with van der Waals surface area (Å²) in [7, 11) is -1.65. The molecule has 0 saturated heterocycles. The van der Waals surface area contributed by atoms with Crippen molar-refractivity contribution in [3.63, 3.8) is 0 Å². The maximum Gasteiger partial charge on any atom is 0.249 e. The fourth-order valence-electron chi connectivity index (χ4n) is 2.88. The lowest BCUT2D eigenvalue weighted by Gasteiger charge is -2.11. The molecule has 2 N–H and O–H groups in total. The third-order valence-corrected chi connectivity index (χ3v) is 5.30. The minimum Gasteiger partial charge on any atom is -0.494 e. The molecule has 0 bridgehead atoms. The molecule has 2 aromatic heterocycles. The molecule has 0 atom stereocenters. The van der Waals surface area contributed by atoms with E-state index in [0.29, 0.717) is 24.7 Å². The summed E-state index contributed by atoms with van der Waals surface area (Å²) in [5.74, 6) is 1.23. The van der Waals surface area contributed by atoms with Crippen molar-refractivity contribution in [2.75, 3.05) is 38.3 Å². The molecule has 0 aliphatic carbocycles. The molecule has 3 aromatic rings. The van der Waals surface area contributed by atoms with Gasteiger partial charge in [0, 0.05) is 43.4 Å². The van der Waals surface area contributed by atoms with Crippen LogP contribution >= 0.6 is 0 Å². The van der Waals surface area contributed by atoms with Gasteiger partial charge in [-0.2, -0.15) is 5.10 Å². The molecule has 3 rings (SSSR count). The summed E-state index contributed by atoms with van der Waals surface area (Å²) in [6, 6.07) is 11.1. The molecule has 2 heterocycles. The maximum atomic E-state index is 12.1. The molecule has 0 spiro atoms. The zero-order valence-corrected chi connectivity index (χ0v) is 18.6. The third-order valence-electron chi connectivity index (χ3n) is 4.46. The Morgan fingerprint density at radius 3 is 2.58 bits per heavy atom. The van der Waals surface area contributed by atoms with Crippen molar-refractivity contribution in [2.24, 2.45) is 0 Å². The summed E-state index contributed by atoms with van der Waals surface area (Å²) in [6.45, 7) is 2.90. The van der Waals surface area contributed by atoms with Crippen LogP contribution in [0.25, 0.3) is 11.3 Å². The number of ether oxygens (including phenoxy) is 1. The first-order chi connectivity index (χ1) is 15.0. The maximum absolute atomic E-state index is 12.1. The molecule has 31 heavy (non-hydrogen) atoms. The van der Waals surface area contributed by atoms with Crippen LogP contribution in [-0.2, 0) is 16.4 Å². The highest BCUT2D eigenvalue weighted by Crippen LogP contribution is 2.24. The largest absolute Gasteiger partial charge is 0.494 e. The summed E-state index contributed by atoms with van der Waals surface area (Å²) in [5.41, 5.74) is 1.32. The summed E-state index contributed by atoms with van der Waals surface area (Å²) in [4.78, 5) is 8.43. The van der Waals surface area contributed by atoms with E-state index in [-0.39, 0.29) is 5.16 Å². The lowest BCUT2D eigenvalue weighted by Crippen LogP contribution is -2.12. The Morgan fingerprint density at radius 2 is 1.90 bits per heavy atom. The topological polar surface area (TPSA) is 111 Å². The number of anilines is 1. The fourth-order valence-corrected chi connectivity index (χ4v) is 3.41. The van der Waals surface area contributed by atoms with Crippen LogP contribution < -0.4 is 15.4 Å². The summed E-state index contributed by atoms with van der Waals surface area (Å²) in [5, 5.41) is 10.2. The highest BCUT2D eigenvalue weighted by atomic mass is 32.2. The van der Waals surface area contributed by atoms with Crippen molar-refractivity contribution in [2.45, 2.75) is 24.5 Å². The number of rotatable bonds is 12. The van der Waals surface area contributed by atoms with Crippen LogP contribution in [0.4, 0.5) is 5.82 Å². The average Bonchev–Trinajstić information content (AvgIpc) is 3.28. The molecule has 0 saturated carbocycles. The standard InChI is InChI=1S/C21H28N6O3S/c1-22-10-5-15-30-18-8-6-17(7-9-18)19-16-20(26-21(25-19)31(2,28)29)23-11-3-13-27-14-4-12-24-27/h4,6-9,12,14,16,22H,3,5,10-11,13,15H2,1-2H3,(H,23,25,26). The van der Waals surface area contributed by atoms with Crippen molar-refractivity contribution < 1.29 is 13.2 Å². The predicted octanol–water partition coefficient (Wildman–Crippen LogP) is 2.23. The van der Waals surface area contributed by atoms with Gasteiger partial charge < -0.3 is 15.4 Å². The van der Waals surface area contributed by atoms with Gasteiger partial charge in [0.2, 0.25) is 15.0 Å². The molecular weight excluding hydrogens is 416 g/mol. The molecule has 10 heteroatoms. The van der Waals surface area contributed by atoms with Gasteiger partial charge in [0.15, 0.2) is 0 Å². The Bertz CT molecular complexity index is 1050. The molecule has 166 valence electrons. The van der Waals surface area contributed by atoms with Crippen molar-refractivity contribution in [1.82, 2.24) is 25.1 Å². The van der Waals surface area contributed by atoms with Crippen molar-refractivity contribution >= 4 is 15.7 Å². The van der Waals surface area contributed by atoms with Crippen LogP contribution in [0.3, 0.4) is 0 Å². The molecule has 0 fully saturated rings. The lowest BCUT2D eigenvalue weighted by molar-refractivity contribution is 0.310. The SMILES string of the molecule is CNCCCOc1ccc(-c2cc(NCCCn3cccn3)nc(S(C)(=O)=O)n2)cc1. The van der Waals surface area contributed by atoms with Crippen LogP contribution in [0, 0.1) is 0 Å². The van der Waals surface area contributed by atoms with Crippen molar-refractivity contribution in [3.8, 4) is 17.0 Å². The van der Waals surface area contributed by atoms with Gasteiger partial charge in [-0.3, -0.25) is 4.68 Å². The first-order valence-electron chi connectivity index (χ1n) is 10.1. The fraction of sp³-hybridized carbons (Fsp3) is 0.381. The zero-order chi connectivity index (χ0) is 22.1. The van der Waals surface area contributed by atoms with E-state index in [1.54, 1.807) is 12.3 Å². The van der Waals surface area contributed by atoms with E-state index in [2.05, 4.69) is 25.7 Å². The minimum absolute atomic E-state index is 0.202. The smallest absolute Gasteiger partial charge is 0.249 e. The Labute approximate surface area is 182 Å². The van der Waals surface area contributed by atoms with Crippen LogP contribution in [0.1, 0.15) is 12.8 Å². The van der Waals surface area contributed by atoms with Gasteiger partial charge in [0.25, 0.3) is 0 Å². The highest BCUT2D eigenvalue weighted by Gasteiger charge is 2.15. The Kier molecular flexibility index (Phi) is 7.96. The normalized spacial score (nSPS) is 11.4. The quantitative estimate of drug-likeness (QED) is 0.323. The number of sulfone groups is 1. The van der Waals surface area contributed by atoms with Gasteiger partial charge in [0.05, 0.1) is 12.3 Å². The summed E-state index contributed by atoms with van der Waals surface area (Å²) < 4.78 is 31.7. The number of nitrogens with zero attached hydrogens (tertiary/aromatic N) is 4. The average molecular weight is 445 g/mol. The van der Waals surface area contributed by atoms with Crippen LogP contribution in [0.15, 0.2) is 53.9 Å². The lowest BCUT2D eigenvalue weighted by atomic mass is 10.1. The molecule has 0 aliphatic heterocycles. The highest BCUT2D eigenvalue weighted by molar-refractivity contribution is 7.90. The van der Waals surface area contributed by atoms with E-state index in [0.717, 1.165) is 43.5 Å². The van der Waals surface area contributed by atoms with Crippen molar-refractivity contribution in [1.29, 1.82) is 0 Å². The van der Waals surface area contributed by atoms with E-state index in [1.165, 1.54) is 0 Å². The molecule has 0 unspecified atom stereocenters. The number of hydrogen-bond acceptors (Lipinski definition) is 8. The number of hydrogen-bond donors (Lipinski definition) is 2. The molecule has 0 amide bonds. The van der Waals surface area contributed by atoms with Gasteiger partial charge in [0.1, 0.15) is 11.6 Å². The number of nitrogens with one attached hydrogen (secondary N) is 2. The van der Waals surface area contributed by atoms with E-state index in [9.17, 15) is 8.42 Å². The van der Waals surface area contributed by atoms with Gasteiger partial charge >= 0.3 is 0 Å². The molecule has 0 aliphatic rings. The third kappa shape index (κ3) is 7.04. The molecule has 1 aromatic carbocycles. The Hall–Kier alpha value is -2.98. The van der Waals surface area contributed by atoms with Crippen LogP contribution in [0.2, 0.25) is 0 Å². The zero-order valence-electron chi connectivity index (χ0n) is 17.8. The van der Waals surface area contributed by atoms with Gasteiger partial charge in [-0.1, -0.05) is 0 Å². The van der Waals surface area contributed by atoms with Crippen molar-refractivity contribution in [3.05, 3.63) is 48.8 Å². The number of benzene rings is 1. The number of aryl methyl sites for hydroxylation is 1. The van der Waals surface area contributed by atoms with Gasteiger partial charge in [-0.15, -0.1) is 0 Å². The van der Waals surface area contributed by atoms with Crippen LogP contribution in [-0.4, -0.2) is 61.2 Å². The second-order valence-corrected chi connectivity index (χ2v) is 8.98. The van der Waals surface area contributed by atoms with Crippen LogP contribution in [0.5, 0.6) is 5.75 Å². The molecular formula is C21H28N6O3S. The van der Waals surface area contributed by atoms with E-state index >= 15 is 0 Å². The number of aromatic nitrogens is 4. The first-order valence-corrected chi connectivity index (χ1v) is 12.0. The van der Waals surface area contributed by atoms with E-state index < -0.39 is 9.84 Å². The first kappa shape index (κ1) is 22.7. The molecule has 9 nitrogen and oxygen atoms in total. The van der Waals surface area contributed by atoms with E-state index in [1.807, 2.05) is 48.3 Å². The summed E-state index contributed by atoms with van der Waals surface area (Å²) in [6.07, 6.45) is 6.47. The second kappa shape index (κ2) is 10.9. The van der Waals surface area contributed by atoms with E-state index in [4.69, 9.17) is 4.74 Å².